The van der Waals surface area contributed by atoms with Crippen LogP contribution in [0, 0.1) is 5.82 Å². The Morgan fingerprint density at radius 3 is 2.76 bits per heavy atom. The highest BCUT2D eigenvalue weighted by atomic mass is 19.1. The van der Waals surface area contributed by atoms with E-state index in [2.05, 4.69) is 34.2 Å². The lowest BCUT2D eigenvalue weighted by molar-refractivity contribution is 0.479. The number of pyridine rings is 1. The lowest BCUT2D eigenvalue weighted by Crippen LogP contribution is -2.26. The summed E-state index contributed by atoms with van der Waals surface area (Å²) in [4.78, 5) is 8.53. The lowest BCUT2D eigenvalue weighted by Gasteiger charge is -2.18. The van der Waals surface area contributed by atoms with E-state index in [-0.39, 0.29) is 11.9 Å². The number of rotatable bonds is 8. The van der Waals surface area contributed by atoms with Crippen molar-refractivity contribution in [3.8, 4) is 0 Å². The zero-order chi connectivity index (χ0) is 15.1. The van der Waals surface area contributed by atoms with Gasteiger partial charge in [-0.1, -0.05) is 13.8 Å². The fraction of sp³-hybridized carbons (Fsp3) is 0.533. The van der Waals surface area contributed by atoms with Crippen molar-refractivity contribution in [1.82, 2.24) is 25.1 Å². The van der Waals surface area contributed by atoms with Crippen LogP contribution in [0.25, 0.3) is 0 Å². The molecule has 0 spiro atoms. The molecule has 0 aliphatic carbocycles. The summed E-state index contributed by atoms with van der Waals surface area (Å²) in [5.41, 5.74) is 0.830. The van der Waals surface area contributed by atoms with Gasteiger partial charge in [0, 0.05) is 13.0 Å². The molecule has 1 N–H and O–H groups in total. The van der Waals surface area contributed by atoms with Gasteiger partial charge in [0.05, 0.1) is 17.9 Å². The van der Waals surface area contributed by atoms with Crippen molar-refractivity contribution in [2.75, 3.05) is 6.54 Å². The van der Waals surface area contributed by atoms with Crippen LogP contribution in [-0.2, 0) is 13.0 Å². The largest absolute Gasteiger partial charge is 0.308 e. The van der Waals surface area contributed by atoms with E-state index in [1.54, 1.807) is 12.4 Å². The second-order valence-corrected chi connectivity index (χ2v) is 5.01. The fourth-order valence-electron chi connectivity index (χ4n) is 2.22. The number of nitrogens with one attached hydrogen (secondary N) is 1. The van der Waals surface area contributed by atoms with Gasteiger partial charge >= 0.3 is 0 Å². The van der Waals surface area contributed by atoms with E-state index in [0.717, 1.165) is 37.4 Å². The quantitative estimate of drug-likeness (QED) is 0.812. The van der Waals surface area contributed by atoms with Gasteiger partial charge in [-0.05, 0) is 31.5 Å². The van der Waals surface area contributed by atoms with Gasteiger partial charge in [-0.2, -0.15) is 5.10 Å². The highest BCUT2D eigenvalue weighted by Gasteiger charge is 2.16. The predicted molar refractivity (Wildman–Crippen MR) is 79.2 cm³/mol. The van der Waals surface area contributed by atoms with Crippen molar-refractivity contribution in [1.29, 1.82) is 0 Å². The summed E-state index contributed by atoms with van der Waals surface area (Å²) in [7, 11) is 0. The molecule has 2 aromatic heterocycles. The summed E-state index contributed by atoms with van der Waals surface area (Å²) in [6.07, 6.45) is 5.57. The van der Waals surface area contributed by atoms with Crippen molar-refractivity contribution in [2.45, 2.75) is 45.7 Å². The number of halogens is 1. The highest BCUT2D eigenvalue weighted by molar-refractivity contribution is 5.12. The van der Waals surface area contributed by atoms with Crippen LogP contribution in [0.3, 0.4) is 0 Å². The molecule has 2 heterocycles. The SMILES string of the molecule is CCCNC(Cc1ncnn1CCC)c1ccc(F)cn1. The minimum absolute atomic E-state index is 0.0188. The lowest BCUT2D eigenvalue weighted by atomic mass is 10.1. The molecule has 114 valence electrons. The summed E-state index contributed by atoms with van der Waals surface area (Å²) < 4.78 is 15.0. The number of hydrogen-bond donors (Lipinski definition) is 1. The third kappa shape index (κ3) is 4.32. The molecule has 0 bridgehead atoms. The predicted octanol–water partition coefficient (Wildman–Crippen LogP) is 2.51. The third-order valence-corrected chi connectivity index (χ3v) is 3.27. The topological polar surface area (TPSA) is 55.6 Å². The van der Waals surface area contributed by atoms with E-state index in [0.29, 0.717) is 6.42 Å². The first-order valence-electron chi connectivity index (χ1n) is 7.46. The summed E-state index contributed by atoms with van der Waals surface area (Å²) in [5.74, 6) is 0.610. The monoisotopic (exact) mass is 291 g/mol. The third-order valence-electron chi connectivity index (χ3n) is 3.27. The molecular formula is C15H22FN5. The van der Waals surface area contributed by atoms with Gasteiger partial charge in [0.25, 0.3) is 0 Å². The summed E-state index contributed by atoms with van der Waals surface area (Å²) in [6, 6.07) is 3.19. The van der Waals surface area contributed by atoms with Gasteiger partial charge in [0.15, 0.2) is 0 Å². The maximum atomic E-state index is 13.0. The Kier molecular flexibility index (Phi) is 5.80. The van der Waals surface area contributed by atoms with Crippen LogP contribution in [-0.4, -0.2) is 26.3 Å². The molecule has 0 amide bonds. The Morgan fingerprint density at radius 1 is 1.24 bits per heavy atom. The number of hydrogen-bond acceptors (Lipinski definition) is 4. The Morgan fingerprint density at radius 2 is 2.10 bits per heavy atom. The first-order valence-corrected chi connectivity index (χ1v) is 7.46. The first-order chi connectivity index (χ1) is 10.2. The molecule has 0 radical (unpaired) electrons. The zero-order valence-electron chi connectivity index (χ0n) is 12.6. The van der Waals surface area contributed by atoms with Crippen LogP contribution in [0.15, 0.2) is 24.7 Å². The Bertz CT molecular complexity index is 537. The van der Waals surface area contributed by atoms with Crippen molar-refractivity contribution in [3.63, 3.8) is 0 Å². The second kappa shape index (κ2) is 7.83. The minimum atomic E-state index is -0.317. The number of aryl methyl sites for hydroxylation is 1. The highest BCUT2D eigenvalue weighted by Crippen LogP contribution is 2.16. The first kappa shape index (κ1) is 15.6. The summed E-state index contributed by atoms with van der Waals surface area (Å²) >= 11 is 0. The Labute approximate surface area is 124 Å². The van der Waals surface area contributed by atoms with Gasteiger partial charge in [0.1, 0.15) is 18.0 Å². The van der Waals surface area contributed by atoms with E-state index in [9.17, 15) is 4.39 Å². The van der Waals surface area contributed by atoms with Crippen LogP contribution in [0.4, 0.5) is 4.39 Å². The van der Waals surface area contributed by atoms with Gasteiger partial charge < -0.3 is 5.32 Å². The summed E-state index contributed by atoms with van der Waals surface area (Å²) in [5, 5.41) is 7.69. The molecule has 0 saturated heterocycles. The minimum Gasteiger partial charge on any atom is -0.308 e. The van der Waals surface area contributed by atoms with E-state index < -0.39 is 0 Å². The van der Waals surface area contributed by atoms with E-state index in [4.69, 9.17) is 0 Å². The maximum absolute atomic E-state index is 13.0. The van der Waals surface area contributed by atoms with Crippen molar-refractivity contribution >= 4 is 0 Å². The van der Waals surface area contributed by atoms with Crippen LogP contribution in [0.1, 0.15) is 44.2 Å². The van der Waals surface area contributed by atoms with Crippen LogP contribution >= 0.6 is 0 Å². The Balaban J connectivity index is 2.15. The van der Waals surface area contributed by atoms with Gasteiger partial charge in [-0.25, -0.2) is 9.37 Å². The average Bonchev–Trinajstić information content (AvgIpc) is 2.92. The maximum Gasteiger partial charge on any atom is 0.141 e. The van der Waals surface area contributed by atoms with Crippen molar-refractivity contribution < 1.29 is 4.39 Å². The molecule has 21 heavy (non-hydrogen) atoms. The van der Waals surface area contributed by atoms with Crippen molar-refractivity contribution in [3.05, 3.63) is 42.0 Å². The summed E-state index contributed by atoms with van der Waals surface area (Å²) in [6.45, 7) is 5.96. The van der Waals surface area contributed by atoms with Gasteiger partial charge in [-0.3, -0.25) is 9.67 Å². The number of nitrogens with zero attached hydrogens (tertiary/aromatic N) is 4. The molecule has 1 atom stereocenters. The number of aromatic nitrogens is 4. The van der Waals surface area contributed by atoms with Gasteiger partial charge in [-0.15, -0.1) is 0 Å². The smallest absolute Gasteiger partial charge is 0.141 e. The van der Waals surface area contributed by atoms with E-state index in [1.165, 1.54) is 12.3 Å². The molecule has 6 heteroatoms. The van der Waals surface area contributed by atoms with Crippen LogP contribution < -0.4 is 5.32 Å². The molecule has 2 aromatic rings. The standard InChI is InChI=1S/C15H22FN5/c1-3-7-17-14(13-6-5-12(16)10-18-13)9-15-19-11-20-21(15)8-4-2/h5-6,10-11,14,17H,3-4,7-9H2,1-2H3. The molecule has 5 nitrogen and oxygen atoms in total. The molecule has 2 rings (SSSR count). The second-order valence-electron chi connectivity index (χ2n) is 5.01. The fourth-order valence-corrected chi connectivity index (χ4v) is 2.22. The zero-order valence-corrected chi connectivity index (χ0v) is 12.6. The van der Waals surface area contributed by atoms with Crippen molar-refractivity contribution in [2.24, 2.45) is 0 Å². The van der Waals surface area contributed by atoms with Gasteiger partial charge in [0.2, 0.25) is 0 Å². The van der Waals surface area contributed by atoms with Crippen LogP contribution in [0.2, 0.25) is 0 Å². The molecule has 0 saturated carbocycles. The van der Waals surface area contributed by atoms with E-state index >= 15 is 0 Å². The molecule has 0 aromatic carbocycles. The average molecular weight is 291 g/mol. The molecule has 0 fully saturated rings. The normalized spacial score (nSPS) is 12.5. The Hall–Kier alpha value is -1.82. The molecule has 0 aliphatic heterocycles. The molecule has 0 aliphatic rings. The van der Waals surface area contributed by atoms with E-state index in [1.807, 2.05) is 4.68 Å². The molecule has 1 unspecified atom stereocenters. The molecular weight excluding hydrogens is 269 g/mol. The van der Waals surface area contributed by atoms with Crippen LogP contribution in [0.5, 0.6) is 0 Å².